The second-order valence-electron chi connectivity index (χ2n) is 5.68. The molecule has 0 atom stereocenters. The lowest BCUT2D eigenvalue weighted by Crippen LogP contribution is -2.04. The highest BCUT2D eigenvalue weighted by molar-refractivity contribution is 5.80. The predicted molar refractivity (Wildman–Crippen MR) is 87.7 cm³/mol. The molecule has 0 N–H and O–H groups in total. The first-order valence-corrected chi connectivity index (χ1v) is 7.85. The summed E-state index contributed by atoms with van der Waals surface area (Å²) in [5, 5.41) is 8.08. The minimum atomic E-state index is -3.12. The molecule has 7 nitrogen and oxygen atoms in total. The highest BCUT2D eigenvalue weighted by atomic mass is 19.3. The van der Waals surface area contributed by atoms with Gasteiger partial charge in [0.25, 0.3) is 0 Å². The molecule has 4 aromatic rings. The molecule has 10 heteroatoms. The van der Waals surface area contributed by atoms with Gasteiger partial charge in [-0.1, -0.05) is 11.2 Å². The summed E-state index contributed by atoms with van der Waals surface area (Å²) in [5.41, 5.74) is 2.37. The molecule has 0 fully saturated rings. The molecule has 0 saturated heterocycles. The fraction of sp³-hybridized carbons (Fsp3) is 0.176. The van der Waals surface area contributed by atoms with Gasteiger partial charge in [0.2, 0.25) is 5.89 Å². The molecule has 0 radical (unpaired) electrons. The van der Waals surface area contributed by atoms with Crippen LogP contribution in [0.3, 0.4) is 0 Å². The molecular weight excluding hydrogens is 363 g/mol. The Morgan fingerprint density at radius 2 is 2.04 bits per heavy atom. The first-order chi connectivity index (χ1) is 13.0. The number of hydrogen-bond donors (Lipinski definition) is 0. The molecule has 0 aliphatic carbocycles. The summed E-state index contributed by atoms with van der Waals surface area (Å²) < 4.78 is 49.3. The van der Waals surface area contributed by atoms with Crippen molar-refractivity contribution in [2.75, 3.05) is 0 Å². The van der Waals surface area contributed by atoms with E-state index >= 15 is 0 Å². The van der Waals surface area contributed by atoms with Crippen molar-refractivity contribution in [3.63, 3.8) is 0 Å². The molecule has 0 unspecified atom stereocenters. The number of nitrogens with zero attached hydrogens (tertiary/aromatic N) is 5. The molecule has 4 rings (SSSR count). The Morgan fingerprint density at radius 3 is 2.78 bits per heavy atom. The van der Waals surface area contributed by atoms with Crippen LogP contribution >= 0.6 is 0 Å². The number of alkyl halides is 2. The van der Waals surface area contributed by atoms with Crippen LogP contribution < -0.4 is 4.74 Å². The summed E-state index contributed by atoms with van der Waals surface area (Å²) in [4.78, 5) is 8.44. The molecule has 0 aliphatic heterocycles. The van der Waals surface area contributed by atoms with Crippen molar-refractivity contribution < 1.29 is 22.4 Å². The molecule has 3 heterocycles. The van der Waals surface area contributed by atoms with E-state index in [1.807, 2.05) is 0 Å². The molecule has 27 heavy (non-hydrogen) atoms. The first kappa shape index (κ1) is 17.0. The van der Waals surface area contributed by atoms with Gasteiger partial charge in [-0.05, 0) is 23.8 Å². The summed E-state index contributed by atoms with van der Waals surface area (Å²) in [6.45, 7) is -1.16. The zero-order chi connectivity index (χ0) is 19.0. The highest BCUT2D eigenvalue weighted by Crippen LogP contribution is 2.29. The van der Waals surface area contributed by atoms with E-state index in [2.05, 4.69) is 25.0 Å². The Hall–Kier alpha value is -3.43. The standard InChI is InChI=1S/C17H12F3N5O2/c1-9-23-16(24-27-9)8-25-14-4-11(6-21-13(14)7-22-25)10-2-3-12(18)15(5-10)26-17(19)20/h2-7,17H,8H2,1H3. The second kappa shape index (κ2) is 6.71. The zero-order valence-corrected chi connectivity index (χ0v) is 13.9. The van der Waals surface area contributed by atoms with Gasteiger partial charge in [-0.15, -0.1) is 0 Å². The number of aryl methyl sites for hydroxylation is 1. The number of rotatable bonds is 5. The van der Waals surface area contributed by atoms with Gasteiger partial charge in [0.1, 0.15) is 12.1 Å². The van der Waals surface area contributed by atoms with Gasteiger partial charge in [-0.3, -0.25) is 9.67 Å². The van der Waals surface area contributed by atoms with Crippen molar-refractivity contribution in [2.24, 2.45) is 0 Å². The van der Waals surface area contributed by atoms with Crippen molar-refractivity contribution >= 4 is 11.0 Å². The smallest absolute Gasteiger partial charge is 0.387 e. The molecular formula is C17H12F3N5O2. The van der Waals surface area contributed by atoms with Crippen LogP contribution in [0.5, 0.6) is 5.75 Å². The van der Waals surface area contributed by atoms with E-state index < -0.39 is 18.2 Å². The quantitative estimate of drug-likeness (QED) is 0.531. The minimum Gasteiger partial charge on any atom is -0.432 e. The van der Waals surface area contributed by atoms with Crippen molar-refractivity contribution in [1.82, 2.24) is 24.9 Å². The van der Waals surface area contributed by atoms with Crippen LogP contribution in [0.2, 0.25) is 0 Å². The number of ether oxygens (including phenoxy) is 1. The average molecular weight is 375 g/mol. The third-order valence-corrected chi connectivity index (χ3v) is 3.84. The largest absolute Gasteiger partial charge is 0.432 e. The molecule has 3 aromatic heterocycles. The van der Waals surface area contributed by atoms with E-state index in [4.69, 9.17) is 4.52 Å². The molecule has 1 aromatic carbocycles. The van der Waals surface area contributed by atoms with Crippen molar-refractivity contribution in [2.45, 2.75) is 20.1 Å². The SMILES string of the molecule is Cc1nc(Cn2ncc3ncc(-c4ccc(F)c(OC(F)F)c4)cc32)no1. The molecule has 0 saturated carbocycles. The van der Waals surface area contributed by atoms with Gasteiger partial charge in [-0.25, -0.2) is 4.39 Å². The second-order valence-corrected chi connectivity index (χ2v) is 5.68. The van der Waals surface area contributed by atoms with Crippen LogP contribution in [0, 0.1) is 12.7 Å². The van der Waals surface area contributed by atoms with E-state index in [0.29, 0.717) is 33.9 Å². The summed E-state index contributed by atoms with van der Waals surface area (Å²) in [5.74, 6) is -0.501. The summed E-state index contributed by atoms with van der Waals surface area (Å²) in [6, 6.07) is 5.49. The Morgan fingerprint density at radius 1 is 1.19 bits per heavy atom. The van der Waals surface area contributed by atoms with Crippen LogP contribution in [0.25, 0.3) is 22.2 Å². The normalized spacial score (nSPS) is 11.4. The lowest BCUT2D eigenvalue weighted by Gasteiger charge is -2.08. The lowest BCUT2D eigenvalue weighted by atomic mass is 10.1. The highest BCUT2D eigenvalue weighted by Gasteiger charge is 2.14. The Kier molecular flexibility index (Phi) is 4.22. The third-order valence-electron chi connectivity index (χ3n) is 3.84. The van der Waals surface area contributed by atoms with Crippen molar-refractivity contribution in [1.29, 1.82) is 0 Å². The molecule has 0 bridgehead atoms. The lowest BCUT2D eigenvalue weighted by molar-refractivity contribution is -0.0521. The van der Waals surface area contributed by atoms with Crippen LogP contribution in [0.15, 0.2) is 41.2 Å². The number of aromatic nitrogens is 5. The molecule has 138 valence electrons. The topological polar surface area (TPSA) is 78.9 Å². The van der Waals surface area contributed by atoms with Gasteiger partial charge < -0.3 is 9.26 Å². The maximum atomic E-state index is 13.6. The van der Waals surface area contributed by atoms with Crippen molar-refractivity contribution in [3.05, 3.63) is 54.2 Å². The van der Waals surface area contributed by atoms with Gasteiger partial charge in [-0.2, -0.15) is 18.9 Å². The Bertz CT molecular complexity index is 1110. The number of halogens is 3. The third kappa shape index (κ3) is 3.46. The number of hydrogen-bond acceptors (Lipinski definition) is 6. The molecule has 0 amide bonds. The molecule has 0 spiro atoms. The van der Waals surface area contributed by atoms with Gasteiger partial charge >= 0.3 is 6.61 Å². The Labute approximate surface area is 150 Å². The van der Waals surface area contributed by atoms with E-state index in [1.165, 1.54) is 12.1 Å². The van der Waals surface area contributed by atoms with Gasteiger partial charge in [0, 0.05) is 18.7 Å². The first-order valence-electron chi connectivity index (χ1n) is 7.85. The fourth-order valence-electron chi connectivity index (χ4n) is 2.65. The van der Waals surface area contributed by atoms with Crippen LogP contribution in [-0.2, 0) is 6.54 Å². The van der Waals surface area contributed by atoms with Gasteiger partial charge in [0.15, 0.2) is 17.4 Å². The van der Waals surface area contributed by atoms with E-state index in [1.54, 1.807) is 30.1 Å². The minimum absolute atomic E-state index is 0.273. The maximum absolute atomic E-state index is 13.6. The van der Waals surface area contributed by atoms with E-state index in [-0.39, 0.29) is 6.54 Å². The molecule has 0 aliphatic rings. The summed E-state index contributed by atoms with van der Waals surface area (Å²) in [7, 11) is 0. The predicted octanol–water partition coefficient (Wildman–Crippen LogP) is 3.58. The van der Waals surface area contributed by atoms with Crippen LogP contribution in [0.4, 0.5) is 13.2 Å². The number of pyridine rings is 1. The monoisotopic (exact) mass is 375 g/mol. The number of fused-ring (bicyclic) bond motifs is 1. The van der Waals surface area contributed by atoms with Gasteiger partial charge in [0.05, 0.1) is 11.7 Å². The van der Waals surface area contributed by atoms with Crippen LogP contribution in [0.1, 0.15) is 11.7 Å². The Balaban J connectivity index is 1.72. The van der Waals surface area contributed by atoms with Crippen LogP contribution in [-0.4, -0.2) is 31.5 Å². The van der Waals surface area contributed by atoms with Crippen molar-refractivity contribution in [3.8, 4) is 16.9 Å². The number of benzene rings is 1. The maximum Gasteiger partial charge on any atom is 0.387 e. The zero-order valence-electron chi connectivity index (χ0n) is 13.9. The van der Waals surface area contributed by atoms with E-state index in [9.17, 15) is 13.2 Å². The summed E-state index contributed by atoms with van der Waals surface area (Å²) >= 11 is 0. The fourth-order valence-corrected chi connectivity index (χ4v) is 2.65. The van der Waals surface area contributed by atoms with E-state index in [0.717, 1.165) is 6.07 Å². The average Bonchev–Trinajstić information content (AvgIpc) is 3.23. The summed E-state index contributed by atoms with van der Waals surface area (Å²) in [6.07, 6.45) is 3.13.